The predicted molar refractivity (Wildman–Crippen MR) is 91.5 cm³/mol. The number of piperidine rings is 1. The summed E-state index contributed by atoms with van der Waals surface area (Å²) in [4.78, 5) is 12.6. The average molecular weight is 327 g/mol. The highest BCUT2D eigenvalue weighted by Gasteiger charge is 2.40. The molecule has 1 atom stereocenters. The van der Waals surface area contributed by atoms with Gasteiger partial charge in [0.1, 0.15) is 5.60 Å². The average Bonchev–Trinajstić information content (AvgIpc) is 2.55. The third kappa shape index (κ3) is 4.70. The van der Waals surface area contributed by atoms with Gasteiger partial charge in [-0.3, -0.25) is 4.79 Å². The third-order valence-electron chi connectivity index (χ3n) is 4.37. The summed E-state index contributed by atoms with van der Waals surface area (Å²) >= 11 is 0. The summed E-state index contributed by atoms with van der Waals surface area (Å²) in [6.07, 6.45) is 3.24. The van der Waals surface area contributed by atoms with Crippen LogP contribution in [0.3, 0.4) is 0 Å². The molecule has 124 valence electrons. The molecule has 2 rings (SSSR count). The van der Waals surface area contributed by atoms with Crippen molar-refractivity contribution < 1.29 is 9.53 Å². The molecule has 2 N–H and O–H groups in total. The van der Waals surface area contributed by atoms with Crippen LogP contribution in [-0.4, -0.2) is 37.7 Å². The maximum Gasteiger partial charge on any atom is 0.252 e. The fourth-order valence-electron chi connectivity index (χ4n) is 2.87. The van der Waals surface area contributed by atoms with Crippen LogP contribution in [-0.2, 0) is 16.0 Å². The Morgan fingerprint density at radius 2 is 1.95 bits per heavy atom. The second kappa shape index (κ2) is 9.13. The van der Waals surface area contributed by atoms with Gasteiger partial charge in [-0.25, -0.2) is 0 Å². The first kappa shape index (κ1) is 18.9. The quantitative estimate of drug-likeness (QED) is 0.843. The summed E-state index contributed by atoms with van der Waals surface area (Å²) in [6, 6.07) is 10.4. The number of carbonyl (C=O) groups is 1. The Balaban J connectivity index is 0.00000242. The van der Waals surface area contributed by atoms with Gasteiger partial charge in [-0.15, -0.1) is 12.4 Å². The van der Waals surface area contributed by atoms with Gasteiger partial charge in [0, 0.05) is 13.2 Å². The molecule has 1 amide bonds. The first-order chi connectivity index (χ1) is 10.2. The van der Waals surface area contributed by atoms with Crippen molar-refractivity contribution in [1.82, 2.24) is 10.6 Å². The normalized spacial score (nSPS) is 18.1. The summed E-state index contributed by atoms with van der Waals surface area (Å²) in [5, 5.41) is 6.46. The van der Waals surface area contributed by atoms with Crippen LogP contribution in [0.4, 0.5) is 0 Å². The molecule has 0 aromatic heterocycles. The van der Waals surface area contributed by atoms with Crippen LogP contribution >= 0.6 is 12.4 Å². The van der Waals surface area contributed by atoms with Crippen molar-refractivity contribution in [2.24, 2.45) is 0 Å². The van der Waals surface area contributed by atoms with Gasteiger partial charge < -0.3 is 15.4 Å². The second-order valence-corrected chi connectivity index (χ2v) is 5.72. The number of hydrogen-bond acceptors (Lipinski definition) is 3. The molecule has 22 heavy (non-hydrogen) atoms. The molecule has 1 saturated heterocycles. The van der Waals surface area contributed by atoms with Crippen LogP contribution in [0.2, 0.25) is 0 Å². The molecule has 5 heteroatoms. The lowest BCUT2D eigenvalue weighted by molar-refractivity contribution is -0.147. The van der Waals surface area contributed by atoms with Crippen LogP contribution in [0.5, 0.6) is 0 Å². The van der Waals surface area contributed by atoms with E-state index in [2.05, 4.69) is 29.7 Å². The Morgan fingerprint density at radius 1 is 1.32 bits per heavy atom. The minimum Gasteiger partial charge on any atom is -0.368 e. The smallest absolute Gasteiger partial charge is 0.252 e. The number of carbonyl (C=O) groups excluding carboxylic acids is 1. The number of benzene rings is 1. The fourth-order valence-corrected chi connectivity index (χ4v) is 2.87. The Bertz CT molecular complexity index is 447. The Labute approximate surface area is 139 Å². The van der Waals surface area contributed by atoms with Crippen LogP contribution in [0, 0.1) is 0 Å². The Morgan fingerprint density at radius 3 is 2.50 bits per heavy atom. The van der Waals surface area contributed by atoms with E-state index in [1.807, 2.05) is 18.2 Å². The van der Waals surface area contributed by atoms with E-state index < -0.39 is 5.60 Å². The summed E-state index contributed by atoms with van der Waals surface area (Å²) in [5.41, 5.74) is 0.594. The molecule has 1 heterocycles. The number of rotatable bonds is 6. The minimum atomic E-state index is -0.657. The molecular weight excluding hydrogens is 300 g/mol. The zero-order valence-corrected chi connectivity index (χ0v) is 14.2. The number of methoxy groups -OCH3 is 1. The standard InChI is InChI=1S/C17H26N2O2.ClH/c1-3-15(13-14-7-5-4-6-8-14)19-16(20)17(21-2)9-11-18-12-10-17;/h4-8,15,18H,3,9-13H2,1-2H3,(H,19,20);1H. The van der Waals surface area contributed by atoms with Gasteiger partial charge in [0.2, 0.25) is 0 Å². The maximum atomic E-state index is 12.6. The van der Waals surface area contributed by atoms with Gasteiger partial charge in [0.25, 0.3) is 5.91 Å². The summed E-state index contributed by atoms with van der Waals surface area (Å²) in [5.74, 6) is 0.0364. The molecule has 4 nitrogen and oxygen atoms in total. The molecule has 1 unspecified atom stereocenters. The predicted octanol–water partition coefficient (Wildman–Crippen LogP) is 2.31. The highest BCUT2D eigenvalue weighted by atomic mass is 35.5. The van der Waals surface area contributed by atoms with Gasteiger partial charge >= 0.3 is 0 Å². The maximum absolute atomic E-state index is 12.6. The highest BCUT2D eigenvalue weighted by Crippen LogP contribution is 2.23. The minimum absolute atomic E-state index is 0. The molecule has 0 spiro atoms. The summed E-state index contributed by atoms with van der Waals surface area (Å²) in [6.45, 7) is 3.77. The molecule has 1 aromatic carbocycles. The molecular formula is C17H27ClN2O2. The van der Waals surface area contributed by atoms with Crippen molar-refractivity contribution in [3.63, 3.8) is 0 Å². The summed E-state index contributed by atoms with van der Waals surface area (Å²) in [7, 11) is 1.64. The lowest BCUT2D eigenvalue weighted by atomic mass is 9.90. The lowest BCUT2D eigenvalue weighted by Crippen LogP contribution is -2.56. The third-order valence-corrected chi connectivity index (χ3v) is 4.37. The second-order valence-electron chi connectivity index (χ2n) is 5.72. The molecule has 1 aliphatic heterocycles. The van der Waals surface area contributed by atoms with Crippen molar-refractivity contribution in [2.45, 2.75) is 44.2 Å². The van der Waals surface area contributed by atoms with E-state index in [9.17, 15) is 4.79 Å². The van der Waals surface area contributed by atoms with Crippen molar-refractivity contribution in [1.29, 1.82) is 0 Å². The lowest BCUT2D eigenvalue weighted by Gasteiger charge is -2.36. The molecule has 0 saturated carbocycles. The van der Waals surface area contributed by atoms with Crippen LogP contribution in [0.1, 0.15) is 31.7 Å². The zero-order chi connectivity index (χ0) is 15.1. The number of nitrogens with one attached hydrogen (secondary N) is 2. The topological polar surface area (TPSA) is 50.4 Å². The van der Waals surface area contributed by atoms with E-state index in [0.717, 1.165) is 38.8 Å². The monoisotopic (exact) mass is 326 g/mol. The van der Waals surface area contributed by atoms with Gasteiger partial charge in [0.05, 0.1) is 0 Å². The van der Waals surface area contributed by atoms with Crippen LogP contribution in [0.15, 0.2) is 30.3 Å². The van der Waals surface area contributed by atoms with Crippen LogP contribution in [0.25, 0.3) is 0 Å². The number of halogens is 1. The largest absolute Gasteiger partial charge is 0.368 e. The van der Waals surface area contributed by atoms with Gasteiger partial charge in [0.15, 0.2) is 0 Å². The number of amides is 1. The molecule has 0 aliphatic carbocycles. The Hall–Kier alpha value is -1.10. The van der Waals surface area contributed by atoms with Crippen molar-refractivity contribution >= 4 is 18.3 Å². The van der Waals surface area contributed by atoms with Gasteiger partial charge in [-0.05, 0) is 44.3 Å². The van der Waals surface area contributed by atoms with E-state index in [1.54, 1.807) is 7.11 Å². The zero-order valence-electron chi connectivity index (χ0n) is 13.4. The molecule has 1 fully saturated rings. The molecule has 0 radical (unpaired) electrons. The van der Waals surface area contributed by atoms with Crippen molar-refractivity contribution in [3.05, 3.63) is 35.9 Å². The van der Waals surface area contributed by atoms with Gasteiger partial charge in [-0.2, -0.15) is 0 Å². The van der Waals surface area contributed by atoms with Crippen LogP contribution < -0.4 is 10.6 Å². The SMILES string of the molecule is CCC(Cc1ccccc1)NC(=O)C1(OC)CCNCC1.Cl. The first-order valence-corrected chi connectivity index (χ1v) is 7.81. The fraction of sp³-hybridized carbons (Fsp3) is 0.588. The summed E-state index contributed by atoms with van der Waals surface area (Å²) < 4.78 is 5.58. The Kier molecular flexibility index (Phi) is 7.87. The molecule has 1 aromatic rings. The van der Waals surface area contributed by atoms with E-state index in [4.69, 9.17) is 4.74 Å². The highest BCUT2D eigenvalue weighted by molar-refractivity contribution is 5.86. The van der Waals surface area contributed by atoms with Crippen molar-refractivity contribution in [3.8, 4) is 0 Å². The van der Waals surface area contributed by atoms with E-state index in [-0.39, 0.29) is 24.4 Å². The first-order valence-electron chi connectivity index (χ1n) is 7.81. The van der Waals surface area contributed by atoms with E-state index in [0.29, 0.717) is 0 Å². The van der Waals surface area contributed by atoms with E-state index in [1.165, 1.54) is 5.56 Å². The van der Waals surface area contributed by atoms with Gasteiger partial charge in [-0.1, -0.05) is 37.3 Å². The molecule has 1 aliphatic rings. The van der Waals surface area contributed by atoms with Crippen molar-refractivity contribution in [2.75, 3.05) is 20.2 Å². The molecule has 0 bridgehead atoms. The number of hydrogen-bond donors (Lipinski definition) is 2. The van der Waals surface area contributed by atoms with E-state index >= 15 is 0 Å². The number of ether oxygens (including phenoxy) is 1.